The van der Waals surface area contributed by atoms with Crippen molar-refractivity contribution in [2.45, 2.75) is 13.8 Å². The lowest BCUT2D eigenvalue weighted by Gasteiger charge is -2.08. The fourth-order valence-electron chi connectivity index (χ4n) is 1.38. The van der Waals surface area contributed by atoms with Gasteiger partial charge >= 0.3 is 0 Å². The van der Waals surface area contributed by atoms with E-state index < -0.39 is 0 Å². The predicted octanol–water partition coefficient (Wildman–Crippen LogP) is 3.90. The molecule has 0 aliphatic rings. The lowest BCUT2D eigenvalue weighted by Crippen LogP contribution is -1.87. The fourth-order valence-corrected chi connectivity index (χ4v) is 1.38. The molecule has 0 aromatic heterocycles. The van der Waals surface area contributed by atoms with E-state index >= 15 is 0 Å². The summed E-state index contributed by atoms with van der Waals surface area (Å²) in [5.41, 5.74) is 2.35. The highest BCUT2D eigenvalue weighted by Crippen LogP contribution is 2.25. The van der Waals surface area contributed by atoms with E-state index in [1.54, 1.807) is 0 Å². The highest BCUT2D eigenvalue weighted by atomic mass is 16.5. The minimum atomic E-state index is 0.825. The van der Waals surface area contributed by atoms with Gasteiger partial charge in [-0.25, -0.2) is 0 Å². The Kier molecular flexibility index (Phi) is 2.72. The van der Waals surface area contributed by atoms with Gasteiger partial charge in [-0.15, -0.1) is 0 Å². The molecule has 1 radical (unpaired) electrons. The summed E-state index contributed by atoms with van der Waals surface area (Å²) in [6.45, 7) is 4.10. The van der Waals surface area contributed by atoms with Crippen LogP contribution in [0.2, 0.25) is 0 Å². The summed E-state index contributed by atoms with van der Waals surface area (Å²) >= 11 is 0. The van der Waals surface area contributed by atoms with Crippen molar-refractivity contribution >= 4 is 0 Å². The zero-order chi connectivity index (χ0) is 10.7. The van der Waals surface area contributed by atoms with Crippen LogP contribution in [0.4, 0.5) is 0 Å². The lowest BCUT2D eigenvalue weighted by atomic mass is 10.1. The molecule has 0 unspecified atom stereocenters. The van der Waals surface area contributed by atoms with Gasteiger partial charge in [-0.2, -0.15) is 0 Å². The van der Waals surface area contributed by atoms with Gasteiger partial charge in [0.15, 0.2) is 0 Å². The number of hydrogen-bond donors (Lipinski definition) is 0. The van der Waals surface area contributed by atoms with Crippen molar-refractivity contribution in [3.63, 3.8) is 0 Å². The van der Waals surface area contributed by atoms with E-state index in [0.29, 0.717) is 0 Å². The second-order valence-corrected chi connectivity index (χ2v) is 3.61. The van der Waals surface area contributed by atoms with Crippen LogP contribution in [-0.2, 0) is 0 Å². The first-order chi connectivity index (χ1) is 7.25. The lowest BCUT2D eigenvalue weighted by molar-refractivity contribution is 0.478. The second kappa shape index (κ2) is 4.18. The zero-order valence-electron chi connectivity index (χ0n) is 8.95. The van der Waals surface area contributed by atoms with Crippen molar-refractivity contribution in [3.8, 4) is 11.5 Å². The van der Waals surface area contributed by atoms with Crippen LogP contribution in [0.1, 0.15) is 11.1 Å². The van der Waals surface area contributed by atoms with Crippen molar-refractivity contribution in [1.29, 1.82) is 0 Å². The van der Waals surface area contributed by atoms with E-state index in [2.05, 4.69) is 25.1 Å². The van der Waals surface area contributed by atoms with Crippen LogP contribution in [0, 0.1) is 19.9 Å². The summed E-state index contributed by atoms with van der Waals surface area (Å²) in [4.78, 5) is 0. The van der Waals surface area contributed by atoms with Crippen molar-refractivity contribution in [2.75, 3.05) is 0 Å². The molecule has 0 aliphatic heterocycles. The molecule has 0 aliphatic carbocycles. The Bertz CT molecular complexity index is 446. The molecule has 0 bridgehead atoms. The molecule has 2 rings (SSSR count). The van der Waals surface area contributed by atoms with Gasteiger partial charge in [-0.1, -0.05) is 24.3 Å². The Balaban J connectivity index is 2.28. The molecule has 0 N–H and O–H groups in total. The largest absolute Gasteiger partial charge is 0.457 e. The van der Waals surface area contributed by atoms with Gasteiger partial charge in [0.05, 0.1) is 0 Å². The molecule has 0 saturated heterocycles. The Morgan fingerprint density at radius 3 is 2.73 bits per heavy atom. The van der Waals surface area contributed by atoms with Crippen LogP contribution >= 0.6 is 0 Å². The maximum Gasteiger partial charge on any atom is 0.130 e. The minimum Gasteiger partial charge on any atom is -0.457 e. The standard InChI is InChI=1S/C14H13O/c1-11-8-9-12(2)14(10-11)15-13-6-4-3-5-7-13/h3-4,6-10H,1-2H3. The number of benzene rings is 2. The quantitative estimate of drug-likeness (QED) is 0.709. The summed E-state index contributed by atoms with van der Waals surface area (Å²) in [6, 6.07) is 16.7. The first-order valence-corrected chi connectivity index (χ1v) is 4.97. The van der Waals surface area contributed by atoms with Crippen LogP contribution in [-0.4, -0.2) is 0 Å². The third-order valence-corrected chi connectivity index (χ3v) is 2.25. The average molecular weight is 197 g/mol. The van der Waals surface area contributed by atoms with Gasteiger partial charge in [0.2, 0.25) is 0 Å². The first-order valence-electron chi connectivity index (χ1n) is 4.97. The average Bonchev–Trinajstić information content (AvgIpc) is 2.25. The molecule has 1 heteroatoms. The Morgan fingerprint density at radius 1 is 1.13 bits per heavy atom. The Hall–Kier alpha value is -1.76. The molecule has 2 aromatic rings. The molecule has 2 aromatic carbocycles. The first kappa shape index (κ1) is 9.78. The van der Waals surface area contributed by atoms with Crippen molar-refractivity contribution in [1.82, 2.24) is 0 Å². The van der Waals surface area contributed by atoms with Crippen molar-refractivity contribution in [3.05, 3.63) is 59.7 Å². The summed E-state index contributed by atoms with van der Waals surface area (Å²) in [7, 11) is 0. The molecule has 1 nitrogen and oxygen atoms in total. The van der Waals surface area contributed by atoms with Crippen LogP contribution in [0.3, 0.4) is 0 Å². The number of ether oxygens (including phenoxy) is 1. The SMILES string of the molecule is Cc1ccc(C)c(Oc2c[c]ccc2)c1. The zero-order valence-corrected chi connectivity index (χ0v) is 8.95. The van der Waals surface area contributed by atoms with Crippen molar-refractivity contribution in [2.24, 2.45) is 0 Å². The maximum absolute atomic E-state index is 5.76. The summed E-state index contributed by atoms with van der Waals surface area (Å²) < 4.78 is 5.76. The maximum atomic E-state index is 5.76. The molecule has 75 valence electrons. The molecule has 15 heavy (non-hydrogen) atoms. The number of aryl methyl sites for hydroxylation is 2. The summed E-state index contributed by atoms with van der Waals surface area (Å²) in [5, 5.41) is 0. The molecule has 0 heterocycles. The third-order valence-electron chi connectivity index (χ3n) is 2.25. The fraction of sp³-hybridized carbons (Fsp3) is 0.143. The minimum absolute atomic E-state index is 0.825. The van der Waals surface area contributed by atoms with Gasteiger partial charge < -0.3 is 4.74 Å². The molecule has 0 fully saturated rings. The van der Waals surface area contributed by atoms with Gasteiger partial charge in [-0.3, -0.25) is 0 Å². The van der Waals surface area contributed by atoms with Gasteiger partial charge in [0, 0.05) is 0 Å². The molecule has 0 atom stereocenters. The van der Waals surface area contributed by atoms with Crippen LogP contribution < -0.4 is 4.74 Å². The van der Waals surface area contributed by atoms with E-state index in [1.807, 2.05) is 37.3 Å². The van der Waals surface area contributed by atoms with Crippen LogP contribution in [0.5, 0.6) is 11.5 Å². The highest BCUT2D eigenvalue weighted by molar-refractivity contribution is 5.39. The third kappa shape index (κ3) is 2.38. The van der Waals surface area contributed by atoms with E-state index in [-0.39, 0.29) is 0 Å². The molecular formula is C14H13O. The monoisotopic (exact) mass is 197 g/mol. The van der Waals surface area contributed by atoms with Gasteiger partial charge in [0.1, 0.15) is 11.5 Å². The van der Waals surface area contributed by atoms with Gasteiger partial charge in [-0.05, 0) is 49.2 Å². The second-order valence-electron chi connectivity index (χ2n) is 3.61. The van der Waals surface area contributed by atoms with E-state index in [4.69, 9.17) is 4.74 Å². The van der Waals surface area contributed by atoms with Crippen molar-refractivity contribution < 1.29 is 4.74 Å². The summed E-state index contributed by atoms with van der Waals surface area (Å²) in [5.74, 6) is 1.74. The molecular weight excluding hydrogens is 184 g/mol. The molecule has 0 amide bonds. The van der Waals surface area contributed by atoms with Gasteiger partial charge in [0.25, 0.3) is 0 Å². The van der Waals surface area contributed by atoms with Crippen LogP contribution in [0.15, 0.2) is 42.5 Å². The van der Waals surface area contributed by atoms with E-state index in [0.717, 1.165) is 17.1 Å². The Morgan fingerprint density at radius 2 is 2.00 bits per heavy atom. The number of hydrogen-bond acceptors (Lipinski definition) is 1. The predicted molar refractivity (Wildman–Crippen MR) is 61.3 cm³/mol. The smallest absolute Gasteiger partial charge is 0.130 e. The normalized spacial score (nSPS) is 10.0. The van der Waals surface area contributed by atoms with Crippen LogP contribution in [0.25, 0.3) is 0 Å². The Labute approximate surface area is 90.3 Å². The highest BCUT2D eigenvalue weighted by Gasteiger charge is 2.00. The van der Waals surface area contributed by atoms with E-state index in [9.17, 15) is 0 Å². The molecule has 0 spiro atoms. The number of rotatable bonds is 2. The molecule has 0 saturated carbocycles. The topological polar surface area (TPSA) is 9.23 Å². The van der Waals surface area contributed by atoms with E-state index in [1.165, 1.54) is 5.56 Å². The summed E-state index contributed by atoms with van der Waals surface area (Å²) in [6.07, 6.45) is 0.